The molecule has 0 unspecified atom stereocenters. The van der Waals surface area contributed by atoms with Crippen LogP contribution in [0.2, 0.25) is 0 Å². The molecule has 1 fully saturated rings. The lowest BCUT2D eigenvalue weighted by Gasteiger charge is -2.10. The van der Waals surface area contributed by atoms with E-state index >= 15 is 0 Å². The Hall–Kier alpha value is -2.70. The summed E-state index contributed by atoms with van der Waals surface area (Å²) in [5.74, 6) is -1.46. The fraction of sp³-hybridized carbons (Fsp3) is 0.333. The van der Waals surface area contributed by atoms with E-state index in [9.17, 15) is 9.59 Å². The van der Waals surface area contributed by atoms with Gasteiger partial charge in [0.05, 0.1) is 11.6 Å². The van der Waals surface area contributed by atoms with Gasteiger partial charge in [0.1, 0.15) is 6.33 Å². The molecule has 0 saturated heterocycles. The lowest BCUT2D eigenvalue weighted by molar-refractivity contribution is -0.141. The second-order valence-corrected chi connectivity index (χ2v) is 5.37. The highest BCUT2D eigenvalue weighted by Gasteiger charge is 2.31. The van der Waals surface area contributed by atoms with Gasteiger partial charge in [0.15, 0.2) is 0 Å². The number of para-hydroxylation sites is 1. The molecule has 0 bridgehead atoms. The number of rotatable bonds is 4. The molecule has 114 valence electrons. The van der Waals surface area contributed by atoms with Gasteiger partial charge in [-0.05, 0) is 31.4 Å². The number of amides is 1. The minimum absolute atomic E-state index is 0.0858. The first-order valence-corrected chi connectivity index (χ1v) is 7.14. The monoisotopic (exact) mass is 300 g/mol. The number of aromatic nitrogens is 3. The molecule has 0 radical (unpaired) electrons. The summed E-state index contributed by atoms with van der Waals surface area (Å²) in [6, 6.07) is 9.25. The molecule has 22 heavy (non-hydrogen) atoms. The van der Waals surface area contributed by atoms with Crippen molar-refractivity contribution in [1.82, 2.24) is 20.1 Å². The van der Waals surface area contributed by atoms with Crippen LogP contribution in [0.15, 0.2) is 36.7 Å². The zero-order valence-corrected chi connectivity index (χ0v) is 11.8. The molecule has 2 atom stereocenters. The van der Waals surface area contributed by atoms with Crippen LogP contribution in [0, 0.1) is 5.92 Å². The van der Waals surface area contributed by atoms with E-state index in [0.29, 0.717) is 19.3 Å². The summed E-state index contributed by atoms with van der Waals surface area (Å²) in [6.45, 7) is 0. The van der Waals surface area contributed by atoms with Gasteiger partial charge in [-0.2, -0.15) is 0 Å². The minimum atomic E-state index is -0.803. The second-order valence-electron chi connectivity index (χ2n) is 5.37. The van der Waals surface area contributed by atoms with Crippen LogP contribution >= 0.6 is 0 Å². The minimum Gasteiger partial charge on any atom is -0.481 e. The number of nitrogens with one attached hydrogen (secondary N) is 1. The average molecular weight is 300 g/mol. The van der Waals surface area contributed by atoms with Gasteiger partial charge in [-0.15, -0.1) is 5.10 Å². The Balaban J connectivity index is 1.64. The summed E-state index contributed by atoms with van der Waals surface area (Å²) in [5, 5.41) is 15.9. The van der Waals surface area contributed by atoms with E-state index in [2.05, 4.69) is 15.4 Å². The van der Waals surface area contributed by atoms with Gasteiger partial charge >= 0.3 is 5.97 Å². The molecule has 3 rings (SSSR count). The predicted octanol–water partition coefficient (Wildman–Crippen LogP) is 1.25. The maximum absolute atomic E-state index is 12.1. The van der Waals surface area contributed by atoms with Crippen LogP contribution in [-0.2, 0) is 4.79 Å². The van der Waals surface area contributed by atoms with Gasteiger partial charge in [-0.1, -0.05) is 18.2 Å². The number of nitrogens with zero attached hydrogens (tertiary/aromatic N) is 3. The van der Waals surface area contributed by atoms with Crippen molar-refractivity contribution >= 4 is 11.9 Å². The van der Waals surface area contributed by atoms with Crippen LogP contribution in [0.3, 0.4) is 0 Å². The summed E-state index contributed by atoms with van der Waals surface area (Å²) in [4.78, 5) is 27.1. The standard InChI is InChI=1S/C15H16N4O3/c20-14(17-11-7-6-10(8-11)15(21)22)13-16-9-19(18-13)12-4-2-1-3-5-12/h1-5,9-11H,6-8H2,(H,17,20)(H,21,22)/t10-,11+/m1/s1. The van der Waals surface area contributed by atoms with Gasteiger partial charge in [-0.25, -0.2) is 9.67 Å². The van der Waals surface area contributed by atoms with Crippen molar-refractivity contribution < 1.29 is 14.7 Å². The maximum atomic E-state index is 12.1. The molecule has 1 aliphatic carbocycles. The molecule has 0 spiro atoms. The van der Waals surface area contributed by atoms with E-state index in [0.717, 1.165) is 5.69 Å². The molecular weight excluding hydrogens is 284 g/mol. The fourth-order valence-electron chi connectivity index (χ4n) is 2.66. The number of carbonyl (C=O) groups is 2. The molecule has 7 heteroatoms. The zero-order valence-electron chi connectivity index (χ0n) is 11.8. The first kappa shape index (κ1) is 14.2. The highest BCUT2D eigenvalue weighted by atomic mass is 16.4. The number of carbonyl (C=O) groups excluding carboxylic acids is 1. The summed E-state index contributed by atoms with van der Waals surface area (Å²) in [7, 11) is 0. The van der Waals surface area contributed by atoms with Crippen LogP contribution in [0.5, 0.6) is 0 Å². The summed E-state index contributed by atoms with van der Waals surface area (Å²) in [5.41, 5.74) is 0.820. The number of hydrogen-bond acceptors (Lipinski definition) is 4. The highest BCUT2D eigenvalue weighted by Crippen LogP contribution is 2.25. The molecule has 1 heterocycles. The largest absolute Gasteiger partial charge is 0.481 e. The number of carboxylic acid groups (broad SMARTS) is 1. The average Bonchev–Trinajstić information content (AvgIpc) is 3.17. The molecule has 1 aromatic heterocycles. The van der Waals surface area contributed by atoms with Crippen molar-refractivity contribution in [3.05, 3.63) is 42.5 Å². The molecule has 1 aliphatic rings. The SMILES string of the molecule is O=C(N[C@H]1CC[C@@H](C(=O)O)C1)c1ncn(-c2ccccc2)n1. The van der Waals surface area contributed by atoms with E-state index < -0.39 is 5.97 Å². The Morgan fingerprint density at radius 3 is 2.68 bits per heavy atom. The summed E-state index contributed by atoms with van der Waals surface area (Å²) >= 11 is 0. The summed E-state index contributed by atoms with van der Waals surface area (Å²) in [6.07, 6.45) is 3.20. The van der Waals surface area contributed by atoms with Crippen LogP contribution in [0.1, 0.15) is 29.9 Å². The number of aliphatic carboxylic acids is 1. The molecule has 0 aliphatic heterocycles. The van der Waals surface area contributed by atoms with Crippen LogP contribution in [0.4, 0.5) is 0 Å². The Morgan fingerprint density at radius 2 is 2.00 bits per heavy atom. The van der Waals surface area contributed by atoms with Crippen molar-refractivity contribution in [2.75, 3.05) is 0 Å². The number of hydrogen-bond donors (Lipinski definition) is 2. The van der Waals surface area contributed by atoms with Crippen molar-refractivity contribution in [3.8, 4) is 5.69 Å². The Bertz CT molecular complexity index is 683. The van der Waals surface area contributed by atoms with Crippen molar-refractivity contribution in [2.24, 2.45) is 5.92 Å². The molecule has 2 aromatic rings. The quantitative estimate of drug-likeness (QED) is 0.885. The van der Waals surface area contributed by atoms with Gasteiger partial charge in [0, 0.05) is 6.04 Å². The van der Waals surface area contributed by atoms with Crippen LogP contribution in [0.25, 0.3) is 5.69 Å². The number of carboxylic acids is 1. The molecular formula is C15H16N4O3. The van der Waals surface area contributed by atoms with Crippen LogP contribution in [-0.4, -0.2) is 37.8 Å². The first-order valence-electron chi connectivity index (χ1n) is 7.14. The third-order valence-electron chi connectivity index (χ3n) is 3.83. The molecule has 1 saturated carbocycles. The lowest BCUT2D eigenvalue weighted by Crippen LogP contribution is -2.34. The Morgan fingerprint density at radius 1 is 1.23 bits per heavy atom. The van der Waals surface area contributed by atoms with Gasteiger partial charge in [0.2, 0.25) is 5.82 Å². The third kappa shape index (κ3) is 2.98. The molecule has 7 nitrogen and oxygen atoms in total. The van der Waals surface area contributed by atoms with Gasteiger partial charge in [-0.3, -0.25) is 9.59 Å². The zero-order chi connectivity index (χ0) is 15.5. The molecule has 2 N–H and O–H groups in total. The topological polar surface area (TPSA) is 97.1 Å². The van der Waals surface area contributed by atoms with E-state index in [4.69, 9.17) is 5.11 Å². The smallest absolute Gasteiger partial charge is 0.306 e. The van der Waals surface area contributed by atoms with E-state index in [-0.39, 0.29) is 23.7 Å². The highest BCUT2D eigenvalue weighted by molar-refractivity contribution is 5.90. The normalized spacial score (nSPS) is 20.7. The van der Waals surface area contributed by atoms with Gasteiger partial charge in [0.25, 0.3) is 5.91 Å². The number of benzene rings is 1. The molecule has 1 amide bonds. The van der Waals surface area contributed by atoms with E-state index in [1.54, 1.807) is 0 Å². The Kier molecular flexibility index (Phi) is 3.86. The van der Waals surface area contributed by atoms with E-state index in [1.165, 1.54) is 11.0 Å². The fourth-order valence-corrected chi connectivity index (χ4v) is 2.66. The van der Waals surface area contributed by atoms with Crippen molar-refractivity contribution in [3.63, 3.8) is 0 Å². The molecule has 1 aromatic carbocycles. The first-order chi connectivity index (χ1) is 10.6. The van der Waals surface area contributed by atoms with Gasteiger partial charge < -0.3 is 10.4 Å². The lowest BCUT2D eigenvalue weighted by atomic mass is 10.1. The van der Waals surface area contributed by atoms with E-state index in [1.807, 2.05) is 30.3 Å². The Labute approximate surface area is 127 Å². The second kappa shape index (κ2) is 5.97. The maximum Gasteiger partial charge on any atom is 0.306 e. The third-order valence-corrected chi connectivity index (χ3v) is 3.83. The predicted molar refractivity (Wildman–Crippen MR) is 77.6 cm³/mol. The van der Waals surface area contributed by atoms with Crippen LogP contribution < -0.4 is 5.32 Å². The van der Waals surface area contributed by atoms with Crippen molar-refractivity contribution in [1.29, 1.82) is 0 Å². The van der Waals surface area contributed by atoms with Crippen molar-refractivity contribution in [2.45, 2.75) is 25.3 Å². The summed E-state index contributed by atoms with van der Waals surface area (Å²) < 4.78 is 1.53.